The Hall–Kier alpha value is 0.270. The molecule has 0 unspecified atom stereocenters. The molecule has 0 heterocycles. The molecule has 0 amide bonds. The predicted molar refractivity (Wildman–Crippen MR) is 76.2 cm³/mol. The van der Waals surface area contributed by atoms with Gasteiger partial charge in [0.05, 0.1) is 6.04 Å². The zero-order valence-corrected chi connectivity index (χ0v) is 12.9. The van der Waals surface area contributed by atoms with Gasteiger partial charge in [0.15, 0.2) is 0 Å². The Morgan fingerprint density at radius 2 is 1.65 bits per heavy atom. The van der Waals surface area contributed by atoms with Gasteiger partial charge in [0, 0.05) is 11.4 Å². The summed E-state index contributed by atoms with van der Waals surface area (Å²) in [4.78, 5) is 0. The fourth-order valence-electron chi connectivity index (χ4n) is 2.57. The maximum Gasteiger partial charge on any atom is 0.136 e. The molecule has 0 bridgehead atoms. The largest absolute Gasteiger partial charge is 0.598 e. The Bertz CT molecular complexity index is 219. The van der Waals surface area contributed by atoms with E-state index >= 15 is 0 Å². The summed E-state index contributed by atoms with van der Waals surface area (Å²) >= 11 is -0.940. The molecule has 102 valence electrons. The highest BCUT2D eigenvalue weighted by molar-refractivity contribution is 7.90. The minimum absolute atomic E-state index is 0.165. The number of rotatable bonds is 4. The van der Waals surface area contributed by atoms with E-state index < -0.39 is 11.4 Å². The summed E-state index contributed by atoms with van der Waals surface area (Å²) in [6.07, 6.45) is 6.67. The van der Waals surface area contributed by atoms with Crippen molar-refractivity contribution in [2.75, 3.05) is 0 Å². The van der Waals surface area contributed by atoms with Crippen LogP contribution in [0.15, 0.2) is 0 Å². The lowest BCUT2D eigenvalue weighted by molar-refractivity contribution is 0.245. The summed E-state index contributed by atoms with van der Waals surface area (Å²) in [7, 11) is 0. The van der Waals surface area contributed by atoms with E-state index in [1.807, 2.05) is 20.8 Å². The first-order valence-electron chi connectivity index (χ1n) is 7.00. The maximum absolute atomic E-state index is 12.2. The maximum atomic E-state index is 12.2. The van der Waals surface area contributed by atoms with Crippen molar-refractivity contribution in [3.63, 3.8) is 0 Å². The fourth-order valence-corrected chi connectivity index (χ4v) is 3.64. The van der Waals surface area contributed by atoms with Crippen LogP contribution in [0.2, 0.25) is 0 Å². The molecule has 0 spiro atoms. The van der Waals surface area contributed by atoms with Crippen molar-refractivity contribution >= 4 is 11.4 Å². The summed E-state index contributed by atoms with van der Waals surface area (Å²) in [5.41, 5.74) is 0. The van der Waals surface area contributed by atoms with E-state index in [1.54, 1.807) is 0 Å². The van der Waals surface area contributed by atoms with Gasteiger partial charge in [-0.2, -0.15) is 0 Å². The molecule has 0 aromatic carbocycles. The summed E-state index contributed by atoms with van der Waals surface area (Å²) in [5.74, 6) is 1.28. The van der Waals surface area contributed by atoms with E-state index in [1.165, 1.54) is 32.1 Å². The van der Waals surface area contributed by atoms with E-state index in [9.17, 15) is 4.55 Å². The van der Waals surface area contributed by atoms with E-state index in [0.717, 1.165) is 5.92 Å². The zero-order chi connectivity index (χ0) is 13.1. The molecule has 17 heavy (non-hydrogen) atoms. The molecule has 0 saturated heterocycles. The lowest BCUT2D eigenvalue weighted by Crippen LogP contribution is -2.50. The lowest BCUT2D eigenvalue weighted by Gasteiger charge is -2.36. The van der Waals surface area contributed by atoms with Gasteiger partial charge in [-0.15, -0.1) is 4.72 Å². The van der Waals surface area contributed by atoms with Gasteiger partial charge in [-0.05, 0) is 45.4 Å². The Morgan fingerprint density at radius 3 is 2.06 bits per heavy atom. The van der Waals surface area contributed by atoms with Crippen LogP contribution >= 0.6 is 0 Å². The third-order valence-electron chi connectivity index (χ3n) is 3.68. The van der Waals surface area contributed by atoms with Crippen LogP contribution in [0.5, 0.6) is 0 Å². The Labute approximate surface area is 110 Å². The van der Waals surface area contributed by atoms with Crippen molar-refractivity contribution in [3.8, 4) is 0 Å². The Kier molecular flexibility index (Phi) is 5.81. The third-order valence-corrected chi connectivity index (χ3v) is 5.27. The van der Waals surface area contributed by atoms with E-state index in [4.69, 9.17) is 0 Å². The molecule has 1 N–H and O–H groups in total. The van der Waals surface area contributed by atoms with Crippen LogP contribution in [0.4, 0.5) is 0 Å². The Morgan fingerprint density at radius 1 is 1.12 bits per heavy atom. The summed E-state index contributed by atoms with van der Waals surface area (Å²) in [5, 5.41) is 0. The van der Waals surface area contributed by atoms with Crippen LogP contribution < -0.4 is 4.72 Å². The Balaban J connectivity index is 2.59. The quantitative estimate of drug-likeness (QED) is 0.782. The molecular formula is C14H29NOS. The SMILES string of the molecule is CC(C)[C@H](N[S@+]([O-])C(C)(C)C)C1CCCCC1. The van der Waals surface area contributed by atoms with Gasteiger partial charge < -0.3 is 4.55 Å². The van der Waals surface area contributed by atoms with Crippen molar-refractivity contribution in [2.24, 2.45) is 11.8 Å². The second-order valence-corrected chi connectivity index (χ2v) is 8.66. The number of hydrogen-bond acceptors (Lipinski definition) is 2. The number of nitrogens with one attached hydrogen (secondary N) is 1. The summed E-state index contributed by atoms with van der Waals surface area (Å²) in [6, 6.07) is 0.412. The smallest absolute Gasteiger partial charge is 0.136 e. The van der Waals surface area contributed by atoms with Crippen LogP contribution in [0.3, 0.4) is 0 Å². The molecule has 0 radical (unpaired) electrons. The molecule has 1 aliphatic rings. The predicted octanol–water partition coefficient (Wildman–Crippen LogP) is 3.64. The first kappa shape index (κ1) is 15.3. The van der Waals surface area contributed by atoms with Gasteiger partial charge in [0.1, 0.15) is 4.75 Å². The molecule has 1 rings (SSSR count). The van der Waals surface area contributed by atoms with Crippen molar-refractivity contribution in [1.82, 2.24) is 4.72 Å². The first-order chi connectivity index (χ1) is 7.82. The van der Waals surface area contributed by atoms with Crippen LogP contribution in [-0.2, 0) is 11.4 Å². The second kappa shape index (κ2) is 6.44. The highest BCUT2D eigenvalue weighted by Gasteiger charge is 2.34. The molecule has 0 aromatic heterocycles. The van der Waals surface area contributed by atoms with Gasteiger partial charge in [0.2, 0.25) is 0 Å². The molecule has 1 aliphatic carbocycles. The van der Waals surface area contributed by atoms with Crippen LogP contribution in [-0.4, -0.2) is 15.3 Å². The highest BCUT2D eigenvalue weighted by atomic mass is 32.2. The molecule has 0 aliphatic heterocycles. The van der Waals surface area contributed by atoms with Gasteiger partial charge in [-0.3, -0.25) is 0 Å². The van der Waals surface area contributed by atoms with E-state index in [0.29, 0.717) is 12.0 Å². The molecular weight excluding hydrogens is 230 g/mol. The van der Waals surface area contributed by atoms with Gasteiger partial charge in [0.25, 0.3) is 0 Å². The highest BCUT2D eigenvalue weighted by Crippen LogP contribution is 2.30. The minimum Gasteiger partial charge on any atom is -0.598 e. The third kappa shape index (κ3) is 4.80. The normalized spacial score (nSPS) is 22.8. The van der Waals surface area contributed by atoms with Crippen LogP contribution in [0.25, 0.3) is 0 Å². The van der Waals surface area contributed by atoms with Crippen LogP contribution in [0, 0.1) is 11.8 Å². The second-order valence-electron chi connectivity index (χ2n) is 6.67. The molecule has 1 saturated carbocycles. The lowest BCUT2D eigenvalue weighted by atomic mass is 9.80. The van der Waals surface area contributed by atoms with Crippen molar-refractivity contribution in [2.45, 2.75) is 77.5 Å². The minimum atomic E-state index is -0.940. The average molecular weight is 259 g/mol. The topological polar surface area (TPSA) is 35.1 Å². The summed E-state index contributed by atoms with van der Waals surface area (Å²) in [6.45, 7) is 10.6. The van der Waals surface area contributed by atoms with E-state index in [-0.39, 0.29) is 4.75 Å². The van der Waals surface area contributed by atoms with Crippen molar-refractivity contribution in [1.29, 1.82) is 0 Å². The molecule has 1 fully saturated rings. The fraction of sp³-hybridized carbons (Fsp3) is 1.00. The molecule has 2 atom stereocenters. The van der Waals surface area contributed by atoms with Crippen LogP contribution in [0.1, 0.15) is 66.7 Å². The molecule has 0 aromatic rings. The average Bonchev–Trinajstić information content (AvgIpc) is 2.25. The van der Waals surface area contributed by atoms with Gasteiger partial charge in [-0.25, -0.2) is 0 Å². The standard InChI is InChI=1S/C14H29NOS/c1-11(2)13(12-9-7-6-8-10-12)15-17(16)14(3,4)5/h11-13,15H,6-10H2,1-5H3/t13-,17+/m0/s1. The molecule has 2 nitrogen and oxygen atoms in total. The van der Waals surface area contributed by atoms with Crippen molar-refractivity contribution < 1.29 is 4.55 Å². The molecule has 3 heteroatoms. The first-order valence-corrected chi connectivity index (χ1v) is 8.15. The van der Waals surface area contributed by atoms with Gasteiger partial charge in [-0.1, -0.05) is 33.1 Å². The zero-order valence-electron chi connectivity index (χ0n) is 12.1. The van der Waals surface area contributed by atoms with E-state index in [2.05, 4.69) is 18.6 Å². The summed E-state index contributed by atoms with van der Waals surface area (Å²) < 4.78 is 15.5. The van der Waals surface area contributed by atoms with Crippen molar-refractivity contribution in [3.05, 3.63) is 0 Å². The van der Waals surface area contributed by atoms with Gasteiger partial charge >= 0.3 is 0 Å². The number of hydrogen-bond donors (Lipinski definition) is 1. The monoisotopic (exact) mass is 259 g/mol.